The first-order valence-electron chi connectivity index (χ1n) is 5.59. The van der Waals surface area contributed by atoms with E-state index in [-0.39, 0.29) is 52.9 Å². The summed E-state index contributed by atoms with van der Waals surface area (Å²) in [6.07, 6.45) is -1.78. The average molecular weight is 282 g/mol. The first-order valence-corrected chi connectivity index (χ1v) is 5.59. The second-order valence-electron chi connectivity index (χ2n) is 2.95. The van der Waals surface area contributed by atoms with Gasteiger partial charge in [-0.15, -0.1) is 0 Å². The lowest BCUT2D eigenvalue weighted by Crippen LogP contribution is -2.17. The van der Waals surface area contributed by atoms with Gasteiger partial charge in [-0.2, -0.15) is 0 Å². The van der Waals surface area contributed by atoms with Crippen molar-refractivity contribution in [2.45, 2.75) is 0 Å². The molecule has 0 amide bonds. The van der Waals surface area contributed by atoms with E-state index in [0.717, 1.165) is 0 Å². The highest BCUT2D eigenvalue weighted by Crippen LogP contribution is 1.88. The summed E-state index contributed by atoms with van der Waals surface area (Å²) in [6.45, 7) is -0.581. The van der Waals surface area contributed by atoms with Gasteiger partial charge in [0.25, 0.3) is 0 Å². The molecular formula is C10H18O9. The van der Waals surface area contributed by atoms with Crippen LogP contribution < -0.4 is 0 Å². The highest BCUT2D eigenvalue weighted by molar-refractivity contribution is 5.60. The van der Waals surface area contributed by atoms with Crippen LogP contribution in [0.3, 0.4) is 0 Å². The molecule has 0 heterocycles. The third-order valence-corrected chi connectivity index (χ3v) is 1.52. The van der Waals surface area contributed by atoms with Crippen molar-refractivity contribution in [3.05, 3.63) is 0 Å². The van der Waals surface area contributed by atoms with Gasteiger partial charge in [0.15, 0.2) is 0 Å². The van der Waals surface area contributed by atoms with Crippen molar-refractivity contribution in [2.24, 2.45) is 0 Å². The van der Waals surface area contributed by atoms with E-state index in [1.165, 1.54) is 0 Å². The monoisotopic (exact) mass is 282 g/mol. The zero-order valence-electron chi connectivity index (χ0n) is 10.4. The van der Waals surface area contributed by atoms with Crippen LogP contribution in [0, 0.1) is 0 Å². The van der Waals surface area contributed by atoms with E-state index < -0.39 is 12.3 Å². The number of ether oxygens (including phenoxy) is 5. The summed E-state index contributed by atoms with van der Waals surface area (Å²) in [4.78, 5) is 21.5. The summed E-state index contributed by atoms with van der Waals surface area (Å²) in [5.41, 5.74) is 0. The quantitative estimate of drug-likeness (QED) is 0.395. The summed E-state index contributed by atoms with van der Waals surface area (Å²) in [7, 11) is 0. The van der Waals surface area contributed by atoms with E-state index in [0.29, 0.717) is 0 Å². The predicted molar refractivity (Wildman–Crippen MR) is 59.6 cm³/mol. The number of carbonyl (C=O) groups excluding carboxylic acids is 2. The average Bonchev–Trinajstić information content (AvgIpc) is 2.41. The Balaban J connectivity index is 3.22. The van der Waals surface area contributed by atoms with Crippen LogP contribution in [0.4, 0.5) is 9.59 Å². The summed E-state index contributed by atoms with van der Waals surface area (Å²) in [5.74, 6) is 0. The summed E-state index contributed by atoms with van der Waals surface area (Å²) in [6, 6.07) is 0. The Kier molecular flexibility index (Phi) is 11.8. The molecule has 0 saturated heterocycles. The number of hydrogen-bond donors (Lipinski definition) is 2. The Labute approximate surface area is 110 Å². The van der Waals surface area contributed by atoms with Crippen LogP contribution in [-0.4, -0.2) is 75.4 Å². The van der Waals surface area contributed by atoms with E-state index in [1.807, 2.05) is 0 Å². The van der Waals surface area contributed by atoms with Crippen molar-refractivity contribution in [3.8, 4) is 0 Å². The molecule has 0 aromatic rings. The predicted octanol–water partition coefficient (Wildman–Crippen LogP) is -0.706. The van der Waals surface area contributed by atoms with Crippen molar-refractivity contribution in [2.75, 3.05) is 52.9 Å². The van der Waals surface area contributed by atoms with Gasteiger partial charge in [-0.3, -0.25) is 0 Å². The number of rotatable bonds is 10. The van der Waals surface area contributed by atoms with Crippen LogP contribution >= 0.6 is 0 Å². The fourth-order valence-electron chi connectivity index (χ4n) is 0.811. The molecule has 0 aliphatic rings. The Bertz CT molecular complexity index is 219. The topological polar surface area (TPSA) is 121 Å². The van der Waals surface area contributed by atoms with Gasteiger partial charge < -0.3 is 33.9 Å². The molecule has 0 spiro atoms. The van der Waals surface area contributed by atoms with Crippen molar-refractivity contribution in [3.63, 3.8) is 0 Å². The van der Waals surface area contributed by atoms with Crippen molar-refractivity contribution in [1.82, 2.24) is 0 Å². The van der Waals surface area contributed by atoms with Gasteiger partial charge in [0.1, 0.15) is 26.4 Å². The molecule has 0 aliphatic carbocycles. The lowest BCUT2D eigenvalue weighted by molar-refractivity contribution is 0.00119. The van der Waals surface area contributed by atoms with Gasteiger partial charge in [-0.1, -0.05) is 0 Å². The minimum Gasteiger partial charge on any atom is -0.432 e. The molecular weight excluding hydrogens is 264 g/mol. The molecule has 0 bridgehead atoms. The van der Waals surface area contributed by atoms with Gasteiger partial charge in [0.05, 0.1) is 26.4 Å². The first kappa shape index (κ1) is 17.4. The molecule has 0 rings (SSSR count). The minimum absolute atomic E-state index is 0.0147. The van der Waals surface area contributed by atoms with Gasteiger partial charge in [0, 0.05) is 0 Å². The van der Waals surface area contributed by atoms with Gasteiger partial charge in [-0.25, -0.2) is 9.59 Å². The van der Waals surface area contributed by atoms with Gasteiger partial charge in [0.2, 0.25) is 0 Å². The zero-order valence-corrected chi connectivity index (χ0v) is 10.4. The fourth-order valence-corrected chi connectivity index (χ4v) is 0.811. The maximum Gasteiger partial charge on any atom is 0.508 e. The van der Waals surface area contributed by atoms with Crippen LogP contribution in [0.2, 0.25) is 0 Å². The van der Waals surface area contributed by atoms with Crippen molar-refractivity contribution in [1.29, 1.82) is 0 Å². The molecule has 9 nitrogen and oxygen atoms in total. The second-order valence-corrected chi connectivity index (χ2v) is 2.95. The van der Waals surface area contributed by atoms with E-state index >= 15 is 0 Å². The third kappa shape index (κ3) is 12.7. The Morgan fingerprint density at radius 3 is 1.37 bits per heavy atom. The molecule has 0 fully saturated rings. The Morgan fingerprint density at radius 2 is 1.00 bits per heavy atom. The SMILES string of the molecule is O=C(OCCO)OCCOCCOC(=O)OCCO. The second kappa shape index (κ2) is 12.9. The third-order valence-electron chi connectivity index (χ3n) is 1.52. The standard InChI is InChI=1S/C10H18O9/c11-1-3-16-9(13)18-7-5-15-6-8-19-10(14)17-4-2-12/h11-12H,1-8H2. The molecule has 0 aromatic heterocycles. The van der Waals surface area contributed by atoms with Crippen molar-refractivity contribution < 1.29 is 43.5 Å². The van der Waals surface area contributed by atoms with E-state index in [9.17, 15) is 9.59 Å². The van der Waals surface area contributed by atoms with Gasteiger partial charge >= 0.3 is 12.3 Å². The number of carbonyl (C=O) groups is 2. The van der Waals surface area contributed by atoms with E-state index in [2.05, 4.69) is 18.9 Å². The normalized spacial score (nSPS) is 9.79. The van der Waals surface area contributed by atoms with Crippen LogP contribution in [-0.2, 0) is 23.7 Å². The molecule has 2 N–H and O–H groups in total. The van der Waals surface area contributed by atoms with Crippen LogP contribution in [0.25, 0.3) is 0 Å². The van der Waals surface area contributed by atoms with Crippen molar-refractivity contribution >= 4 is 12.3 Å². The number of aliphatic hydroxyl groups excluding tert-OH is 2. The zero-order chi connectivity index (χ0) is 14.3. The maximum atomic E-state index is 10.8. The van der Waals surface area contributed by atoms with Crippen LogP contribution in [0.1, 0.15) is 0 Å². The van der Waals surface area contributed by atoms with Crippen LogP contribution in [0.15, 0.2) is 0 Å². The number of aliphatic hydroxyl groups is 2. The Morgan fingerprint density at radius 1 is 0.632 bits per heavy atom. The molecule has 0 aromatic carbocycles. The lowest BCUT2D eigenvalue weighted by atomic mass is 10.7. The highest BCUT2D eigenvalue weighted by atomic mass is 16.7. The molecule has 0 saturated carbocycles. The molecule has 0 unspecified atom stereocenters. The highest BCUT2D eigenvalue weighted by Gasteiger charge is 2.04. The largest absolute Gasteiger partial charge is 0.508 e. The smallest absolute Gasteiger partial charge is 0.432 e. The molecule has 19 heavy (non-hydrogen) atoms. The molecule has 0 aliphatic heterocycles. The number of hydrogen-bond acceptors (Lipinski definition) is 9. The summed E-state index contributed by atoms with van der Waals surface area (Å²) >= 11 is 0. The summed E-state index contributed by atoms with van der Waals surface area (Å²) < 4.78 is 22.9. The minimum atomic E-state index is -0.888. The maximum absolute atomic E-state index is 10.8. The first-order chi connectivity index (χ1) is 9.20. The fraction of sp³-hybridized carbons (Fsp3) is 0.800. The van der Waals surface area contributed by atoms with E-state index in [1.54, 1.807) is 0 Å². The lowest BCUT2D eigenvalue weighted by Gasteiger charge is -2.07. The van der Waals surface area contributed by atoms with Crippen LogP contribution in [0.5, 0.6) is 0 Å². The molecule has 112 valence electrons. The van der Waals surface area contributed by atoms with Gasteiger partial charge in [-0.05, 0) is 0 Å². The molecule has 0 atom stereocenters. The summed E-state index contributed by atoms with van der Waals surface area (Å²) in [5, 5.41) is 16.7. The molecule has 0 radical (unpaired) electrons. The van der Waals surface area contributed by atoms with E-state index in [4.69, 9.17) is 14.9 Å². The Hall–Kier alpha value is -1.58. The molecule has 9 heteroatoms.